The number of carbonyl (C=O) groups excluding carboxylic acids is 1. The molecule has 0 aliphatic carbocycles. The van der Waals surface area contributed by atoms with Crippen LogP contribution in [0.3, 0.4) is 0 Å². The summed E-state index contributed by atoms with van der Waals surface area (Å²) in [4.78, 5) is 11.9. The van der Waals surface area contributed by atoms with Crippen molar-refractivity contribution in [3.8, 4) is 5.75 Å². The molecule has 112 valence electrons. The van der Waals surface area contributed by atoms with Crippen LogP contribution in [0, 0.1) is 5.92 Å². The van der Waals surface area contributed by atoms with Crippen molar-refractivity contribution in [3.63, 3.8) is 0 Å². The first-order valence-electron chi connectivity index (χ1n) is 6.80. The Balaban J connectivity index is 2.76. The number of halogens is 1. The van der Waals surface area contributed by atoms with Crippen molar-refractivity contribution in [2.24, 2.45) is 11.7 Å². The fourth-order valence-electron chi connectivity index (χ4n) is 1.68. The van der Waals surface area contributed by atoms with Crippen LogP contribution >= 0.6 is 15.9 Å². The summed E-state index contributed by atoms with van der Waals surface area (Å²) in [5.41, 5.74) is 6.80. The van der Waals surface area contributed by atoms with E-state index in [9.17, 15) is 4.79 Å². The van der Waals surface area contributed by atoms with Crippen LogP contribution in [0.25, 0.3) is 0 Å². The lowest BCUT2D eigenvalue weighted by Crippen LogP contribution is -2.38. The van der Waals surface area contributed by atoms with Gasteiger partial charge in [-0.25, -0.2) is 0 Å². The van der Waals surface area contributed by atoms with Crippen LogP contribution in [0.4, 0.5) is 0 Å². The van der Waals surface area contributed by atoms with Crippen LogP contribution in [-0.2, 0) is 4.79 Å². The van der Waals surface area contributed by atoms with Crippen LogP contribution < -0.4 is 15.8 Å². The molecule has 5 heteroatoms. The molecule has 20 heavy (non-hydrogen) atoms. The minimum Gasteiger partial charge on any atom is -0.481 e. The molecule has 0 spiro atoms. The van der Waals surface area contributed by atoms with Gasteiger partial charge in [0, 0.05) is 22.6 Å². The standard InChI is InChI=1S/C15H23BrN2O2/c1-9(2)8-18-15(19)11(4)20-14-7-12(16)5-6-13(14)10(3)17/h5-7,9-11H,8,17H2,1-4H3,(H,18,19). The molecule has 0 aromatic heterocycles. The van der Waals surface area contributed by atoms with Gasteiger partial charge in [0.05, 0.1) is 0 Å². The van der Waals surface area contributed by atoms with Crippen LogP contribution in [-0.4, -0.2) is 18.6 Å². The number of hydrogen-bond donors (Lipinski definition) is 2. The molecule has 1 rings (SSSR count). The van der Waals surface area contributed by atoms with E-state index in [1.165, 1.54) is 0 Å². The van der Waals surface area contributed by atoms with Crippen molar-refractivity contribution in [2.75, 3.05) is 6.54 Å². The van der Waals surface area contributed by atoms with Gasteiger partial charge in [-0.05, 0) is 31.9 Å². The highest BCUT2D eigenvalue weighted by Crippen LogP contribution is 2.28. The normalized spacial score (nSPS) is 13.9. The van der Waals surface area contributed by atoms with E-state index in [0.29, 0.717) is 18.2 Å². The van der Waals surface area contributed by atoms with Crippen LogP contribution in [0.5, 0.6) is 5.75 Å². The molecule has 2 atom stereocenters. The van der Waals surface area contributed by atoms with Crippen molar-refractivity contribution in [1.29, 1.82) is 0 Å². The maximum atomic E-state index is 11.9. The van der Waals surface area contributed by atoms with Crippen LogP contribution in [0.1, 0.15) is 39.3 Å². The molecule has 1 aromatic carbocycles. The SMILES string of the molecule is CC(C)CNC(=O)C(C)Oc1cc(Br)ccc1C(C)N. The topological polar surface area (TPSA) is 64.3 Å². The molecule has 0 fully saturated rings. The Labute approximate surface area is 129 Å². The van der Waals surface area contributed by atoms with Crippen molar-refractivity contribution in [3.05, 3.63) is 28.2 Å². The van der Waals surface area contributed by atoms with E-state index in [1.54, 1.807) is 6.92 Å². The van der Waals surface area contributed by atoms with Crippen molar-refractivity contribution >= 4 is 21.8 Å². The highest BCUT2D eigenvalue weighted by molar-refractivity contribution is 9.10. The summed E-state index contributed by atoms with van der Waals surface area (Å²) in [5, 5.41) is 2.86. The number of benzene rings is 1. The number of amides is 1. The summed E-state index contributed by atoms with van der Waals surface area (Å²) < 4.78 is 6.65. The Hall–Kier alpha value is -1.07. The van der Waals surface area contributed by atoms with Gasteiger partial charge in [-0.3, -0.25) is 4.79 Å². The summed E-state index contributed by atoms with van der Waals surface area (Å²) in [5.74, 6) is 0.938. The van der Waals surface area contributed by atoms with Gasteiger partial charge in [-0.2, -0.15) is 0 Å². The molecule has 0 radical (unpaired) electrons. The molecule has 4 nitrogen and oxygen atoms in total. The third kappa shape index (κ3) is 5.13. The minimum absolute atomic E-state index is 0.116. The Kier molecular flexibility index (Phi) is 6.49. The van der Waals surface area contributed by atoms with Gasteiger partial charge in [-0.1, -0.05) is 35.8 Å². The fraction of sp³-hybridized carbons (Fsp3) is 0.533. The van der Waals surface area contributed by atoms with Crippen LogP contribution in [0.15, 0.2) is 22.7 Å². The summed E-state index contributed by atoms with van der Waals surface area (Å²) >= 11 is 3.40. The van der Waals surface area contributed by atoms with Gasteiger partial charge in [0.15, 0.2) is 6.10 Å². The van der Waals surface area contributed by atoms with Crippen LogP contribution in [0.2, 0.25) is 0 Å². The number of nitrogens with two attached hydrogens (primary N) is 1. The van der Waals surface area contributed by atoms with Gasteiger partial charge in [0.25, 0.3) is 5.91 Å². The molecular formula is C15H23BrN2O2. The van der Waals surface area contributed by atoms with E-state index in [1.807, 2.05) is 39.0 Å². The molecule has 3 N–H and O–H groups in total. The van der Waals surface area contributed by atoms with E-state index in [-0.39, 0.29) is 11.9 Å². The largest absolute Gasteiger partial charge is 0.481 e. The Bertz CT molecular complexity index is 461. The van der Waals surface area contributed by atoms with E-state index >= 15 is 0 Å². The van der Waals surface area contributed by atoms with Gasteiger partial charge >= 0.3 is 0 Å². The molecule has 1 amide bonds. The maximum absolute atomic E-state index is 11.9. The van der Waals surface area contributed by atoms with Crippen molar-refractivity contribution in [2.45, 2.75) is 39.8 Å². The van der Waals surface area contributed by atoms with E-state index in [4.69, 9.17) is 10.5 Å². The average Bonchev–Trinajstić information content (AvgIpc) is 2.35. The third-order valence-electron chi connectivity index (χ3n) is 2.82. The molecule has 0 aliphatic rings. The second-order valence-corrected chi connectivity index (χ2v) is 6.29. The van der Waals surface area contributed by atoms with Crippen molar-refractivity contribution < 1.29 is 9.53 Å². The lowest BCUT2D eigenvalue weighted by molar-refractivity contribution is -0.127. The maximum Gasteiger partial charge on any atom is 0.260 e. The predicted octanol–water partition coefficient (Wildman–Crippen LogP) is 3.01. The second-order valence-electron chi connectivity index (χ2n) is 5.37. The number of rotatable bonds is 6. The molecular weight excluding hydrogens is 320 g/mol. The molecule has 0 saturated heterocycles. The number of hydrogen-bond acceptors (Lipinski definition) is 3. The lowest BCUT2D eigenvalue weighted by atomic mass is 10.1. The Morgan fingerprint density at radius 1 is 1.35 bits per heavy atom. The fourth-order valence-corrected chi connectivity index (χ4v) is 2.02. The summed E-state index contributed by atoms with van der Waals surface area (Å²) in [6.07, 6.45) is -0.555. The van der Waals surface area contributed by atoms with Gasteiger partial charge in [0.1, 0.15) is 5.75 Å². The summed E-state index contributed by atoms with van der Waals surface area (Å²) in [6, 6.07) is 5.51. The number of nitrogens with one attached hydrogen (secondary N) is 1. The van der Waals surface area contributed by atoms with E-state index in [2.05, 4.69) is 21.2 Å². The smallest absolute Gasteiger partial charge is 0.260 e. The van der Waals surface area contributed by atoms with Gasteiger partial charge < -0.3 is 15.8 Å². The monoisotopic (exact) mass is 342 g/mol. The van der Waals surface area contributed by atoms with E-state index < -0.39 is 6.10 Å². The van der Waals surface area contributed by atoms with E-state index in [0.717, 1.165) is 10.0 Å². The van der Waals surface area contributed by atoms with Crippen molar-refractivity contribution in [1.82, 2.24) is 5.32 Å². The predicted molar refractivity (Wildman–Crippen MR) is 84.7 cm³/mol. The zero-order valence-corrected chi connectivity index (χ0v) is 14.0. The minimum atomic E-state index is -0.555. The average molecular weight is 343 g/mol. The highest BCUT2D eigenvalue weighted by atomic mass is 79.9. The number of carbonyl (C=O) groups is 1. The zero-order valence-electron chi connectivity index (χ0n) is 12.4. The lowest BCUT2D eigenvalue weighted by Gasteiger charge is -2.19. The van der Waals surface area contributed by atoms with Gasteiger partial charge in [0.2, 0.25) is 0 Å². The summed E-state index contributed by atoms with van der Waals surface area (Å²) in [7, 11) is 0. The Morgan fingerprint density at radius 2 is 2.00 bits per heavy atom. The first kappa shape index (κ1) is 17.0. The highest BCUT2D eigenvalue weighted by Gasteiger charge is 2.17. The molecule has 1 aromatic rings. The Morgan fingerprint density at radius 3 is 2.55 bits per heavy atom. The zero-order chi connectivity index (χ0) is 15.3. The molecule has 2 unspecified atom stereocenters. The first-order chi connectivity index (χ1) is 9.31. The van der Waals surface area contributed by atoms with Gasteiger partial charge in [-0.15, -0.1) is 0 Å². The second kappa shape index (κ2) is 7.64. The first-order valence-corrected chi connectivity index (χ1v) is 7.60. The quantitative estimate of drug-likeness (QED) is 0.835. The molecule has 0 heterocycles. The molecule has 0 bridgehead atoms. The summed E-state index contributed by atoms with van der Waals surface area (Å²) in [6.45, 7) is 8.37. The third-order valence-corrected chi connectivity index (χ3v) is 3.32. The molecule has 0 aliphatic heterocycles. The molecule has 0 saturated carbocycles. The number of ether oxygens (including phenoxy) is 1.